The van der Waals surface area contributed by atoms with Crippen LogP contribution in [-0.4, -0.2) is 37.3 Å². The molecule has 188 valence electrons. The number of nitrogens with zero attached hydrogens (tertiary/aromatic N) is 2. The monoisotopic (exact) mass is 516 g/mol. The van der Waals surface area contributed by atoms with Crippen molar-refractivity contribution in [2.75, 3.05) is 5.32 Å². The maximum Gasteiger partial charge on any atom is 0.257 e. The molecule has 3 aromatic carbocycles. The fourth-order valence-electron chi connectivity index (χ4n) is 4.53. The lowest BCUT2D eigenvalue weighted by molar-refractivity contribution is 0.00303. The molecule has 1 amide bonds. The minimum absolute atomic E-state index is 0.315. The van der Waals surface area contributed by atoms with Gasteiger partial charge < -0.3 is 26.4 Å². The van der Waals surface area contributed by atoms with Crippen LogP contribution in [-0.2, 0) is 12.8 Å². The quantitative estimate of drug-likeness (QED) is 0.247. The average Bonchev–Trinajstić information content (AvgIpc) is 3.28. The standard InChI is InChI=1S/C28H25ClN4O4/c29-23-4-2-1-3-20(23)28(37)31-18-10-8-17-9-13-21-25(27(30)36)32-33(26(21)22(17)15-18)19-11-5-16(6-12-19)7-14-24(34)35/h1-8,10-12,14-15,24,27,34-36H,9,13,30H2,(H,31,37)/b14-7+. The first kappa shape index (κ1) is 24.9. The van der Waals surface area contributed by atoms with E-state index in [0.29, 0.717) is 28.4 Å². The van der Waals surface area contributed by atoms with E-state index >= 15 is 0 Å². The number of hydrogen-bond acceptors (Lipinski definition) is 6. The van der Waals surface area contributed by atoms with Gasteiger partial charge in [-0.25, -0.2) is 4.68 Å². The van der Waals surface area contributed by atoms with Crippen molar-refractivity contribution in [2.24, 2.45) is 5.73 Å². The molecule has 0 fully saturated rings. The molecule has 9 heteroatoms. The summed E-state index contributed by atoms with van der Waals surface area (Å²) in [7, 11) is 0. The summed E-state index contributed by atoms with van der Waals surface area (Å²) in [4.78, 5) is 12.9. The Bertz CT molecular complexity index is 1490. The van der Waals surface area contributed by atoms with Gasteiger partial charge in [0.05, 0.1) is 22.0 Å². The van der Waals surface area contributed by atoms with Crippen molar-refractivity contribution < 1.29 is 20.1 Å². The molecule has 5 rings (SSSR count). The fraction of sp³-hybridized carbons (Fsp3) is 0.143. The number of nitrogens with one attached hydrogen (secondary N) is 1. The predicted molar refractivity (Wildman–Crippen MR) is 142 cm³/mol. The van der Waals surface area contributed by atoms with Crippen molar-refractivity contribution in [1.29, 1.82) is 0 Å². The second-order valence-corrected chi connectivity index (χ2v) is 9.15. The Balaban J connectivity index is 1.56. The summed E-state index contributed by atoms with van der Waals surface area (Å²) in [5, 5.41) is 36.3. The summed E-state index contributed by atoms with van der Waals surface area (Å²) < 4.78 is 1.74. The zero-order valence-electron chi connectivity index (χ0n) is 19.7. The molecule has 37 heavy (non-hydrogen) atoms. The first-order valence-electron chi connectivity index (χ1n) is 11.7. The third-order valence-corrected chi connectivity index (χ3v) is 6.61. The second-order valence-electron chi connectivity index (χ2n) is 8.74. The van der Waals surface area contributed by atoms with Crippen LogP contribution in [0.3, 0.4) is 0 Å². The van der Waals surface area contributed by atoms with Gasteiger partial charge in [-0.2, -0.15) is 5.10 Å². The number of fused-ring (bicyclic) bond motifs is 3. The van der Waals surface area contributed by atoms with Crippen LogP contribution in [0.15, 0.2) is 72.8 Å². The SMILES string of the molecule is NC(O)c1nn(-c2ccc(/C=C/C(O)O)cc2)c2c1CCc1ccc(NC(=O)c3ccccc3Cl)cc1-2. The molecular formula is C28H25ClN4O4. The lowest BCUT2D eigenvalue weighted by atomic mass is 9.88. The van der Waals surface area contributed by atoms with Gasteiger partial charge in [-0.15, -0.1) is 0 Å². The molecule has 1 aromatic heterocycles. The zero-order valence-corrected chi connectivity index (χ0v) is 20.4. The first-order valence-corrected chi connectivity index (χ1v) is 12.1. The molecule has 6 N–H and O–H groups in total. The zero-order chi connectivity index (χ0) is 26.1. The normalized spacial score (nSPS) is 13.5. The molecule has 0 radical (unpaired) electrons. The molecule has 0 spiro atoms. The molecule has 8 nitrogen and oxygen atoms in total. The number of aryl methyl sites for hydroxylation is 1. The molecule has 1 aliphatic rings. The highest BCUT2D eigenvalue weighted by molar-refractivity contribution is 6.34. The number of carbonyl (C=O) groups excluding carboxylic acids is 1. The summed E-state index contributed by atoms with van der Waals surface area (Å²) >= 11 is 6.20. The van der Waals surface area contributed by atoms with Crippen LogP contribution in [0.5, 0.6) is 0 Å². The van der Waals surface area contributed by atoms with Crippen molar-refractivity contribution in [3.8, 4) is 16.9 Å². The number of rotatable bonds is 6. The Labute approximate surface area is 218 Å². The van der Waals surface area contributed by atoms with Crippen molar-refractivity contribution in [1.82, 2.24) is 9.78 Å². The molecule has 1 aliphatic carbocycles. The largest absolute Gasteiger partial charge is 0.373 e. The van der Waals surface area contributed by atoms with Gasteiger partial charge in [0.2, 0.25) is 0 Å². The highest BCUT2D eigenvalue weighted by Crippen LogP contribution is 2.39. The number of nitrogens with two attached hydrogens (primary N) is 1. The Kier molecular flexibility index (Phi) is 6.92. The van der Waals surface area contributed by atoms with Crippen molar-refractivity contribution in [2.45, 2.75) is 25.4 Å². The van der Waals surface area contributed by atoms with E-state index in [2.05, 4.69) is 10.4 Å². The van der Waals surface area contributed by atoms with Gasteiger partial charge in [0, 0.05) is 16.8 Å². The number of aromatic nitrogens is 2. The van der Waals surface area contributed by atoms with Crippen LogP contribution in [0.1, 0.15) is 39.0 Å². The van der Waals surface area contributed by atoms with Gasteiger partial charge in [0.25, 0.3) is 5.91 Å². The molecule has 0 aliphatic heterocycles. The van der Waals surface area contributed by atoms with Crippen molar-refractivity contribution in [3.63, 3.8) is 0 Å². The van der Waals surface area contributed by atoms with Gasteiger partial charge >= 0.3 is 0 Å². The van der Waals surface area contributed by atoms with Gasteiger partial charge in [0.15, 0.2) is 6.29 Å². The Morgan fingerprint density at radius 2 is 1.81 bits per heavy atom. The van der Waals surface area contributed by atoms with Gasteiger partial charge in [0.1, 0.15) is 11.9 Å². The second kappa shape index (κ2) is 10.3. The van der Waals surface area contributed by atoms with Gasteiger partial charge in [-0.1, -0.05) is 48.0 Å². The maximum atomic E-state index is 12.9. The lowest BCUT2D eigenvalue weighted by Crippen LogP contribution is -2.14. The summed E-state index contributed by atoms with van der Waals surface area (Å²) in [5.41, 5.74) is 12.4. The summed E-state index contributed by atoms with van der Waals surface area (Å²) in [5.74, 6) is -0.315. The third kappa shape index (κ3) is 5.06. The van der Waals surface area contributed by atoms with Crippen molar-refractivity contribution >= 4 is 29.3 Å². The number of hydrogen-bond donors (Lipinski definition) is 5. The highest BCUT2D eigenvalue weighted by atomic mass is 35.5. The number of halogens is 1. The predicted octanol–water partition coefficient (Wildman–Crippen LogP) is 3.82. The molecule has 0 saturated carbocycles. The molecule has 1 heterocycles. The van der Waals surface area contributed by atoms with Crippen LogP contribution >= 0.6 is 11.6 Å². The molecule has 0 saturated heterocycles. The molecular weight excluding hydrogens is 492 g/mol. The molecule has 1 unspecified atom stereocenters. The van der Waals surface area contributed by atoms with E-state index in [-0.39, 0.29) is 5.91 Å². The number of amides is 1. The van der Waals surface area contributed by atoms with E-state index in [1.54, 1.807) is 35.0 Å². The van der Waals surface area contributed by atoms with E-state index in [9.17, 15) is 9.90 Å². The molecule has 4 aromatic rings. The van der Waals surface area contributed by atoms with E-state index in [1.165, 1.54) is 6.08 Å². The smallest absolute Gasteiger partial charge is 0.257 e. The Morgan fingerprint density at radius 3 is 2.51 bits per heavy atom. The summed E-state index contributed by atoms with van der Waals surface area (Å²) in [6.07, 6.45) is 1.49. The first-order chi connectivity index (χ1) is 17.8. The van der Waals surface area contributed by atoms with E-state index in [1.807, 2.05) is 42.5 Å². The van der Waals surface area contributed by atoms with Gasteiger partial charge in [-0.3, -0.25) is 4.79 Å². The number of anilines is 1. The Hall–Kier alpha value is -3.79. The van der Waals surface area contributed by atoms with Crippen LogP contribution in [0.4, 0.5) is 5.69 Å². The minimum atomic E-state index is -1.53. The number of carbonyl (C=O) groups is 1. The number of benzene rings is 3. The van der Waals surface area contributed by atoms with Crippen molar-refractivity contribution in [3.05, 3.63) is 106 Å². The maximum absolute atomic E-state index is 12.9. The van der Waals surface area contributed by atoms with Crippen LogP contribution in [0.25, 0.3) is 23.0 Å². The van der Waals surface area contributed by atoms with E-state index < -0.39 is 12.5 Å². The third-order valence-electron chi connectivity index (χ3n) is 6.28. The van der Waals surface area contributed by atoms with Gasteiger partial charge in [-0.05, 0) is 66.4 Å². The van der Waals surface area contributed by atoms with E-state index in [4.69, 9.17) is 27.5 Å². The Morgan fingerprint density at radius 1 is 1.05 bits per heavy atom. The number of aliphatic hydroxyl groups is 3. The van der Waals surface area contributed by atoms with Crippen LogP contribution in [0, 0.1) is 0 Å². The fourth-order valence-corrected chi connectivity index (χ4v) is 4.76. The minimum Gasteiger partial charge on any atom is -0.373 e. The molecule has 0 bridgehead atoms. The van der Waals surface area contributed by atoms with Crippen LogP contribution < -0.4 is 11.1 Å². The summed E-state index contributed by atoms with van der Waals surface area (Å²) in [6, 6.07) is 19.9. The average molecular weight is 517 g/mol. The number of aliphatic hydroxyl groups excluding tert-OH is 2. The lowest BCUT2D eigenvalue weighted by Gasteiger charge is -2.20. The topological polar surface area (TPSA) is 134 Å². The summed E-state index contributed by atoms with van der Waals surface area (Å²) in [6.45, 7) is 0. The van der Waals surface area contributed by atoms with E-state index in [0.717, 1.165) is 40.1 Å². The highest BCUT2D eigenvalue weighted by Gasteiger charge is 2.28. The van der Waals surface area contributed by atoms with Crippen LogP contribution in [0.2, 0.25) is 5.02 Å². The molecule has 1 atom stereocenters.